The molecule has 9 heteroatoms. The number of nitrogens with one attached hydrogen (secondary N) is 2. The van der Waals surface area contributed by atoms with Gasteiger partial charge in [0.1, 0.15) is 12.1 Å². The predicted octanol–water partition coefficient (Wildman–Crippen LogP) is 4.63. The van der Waals surface area contributed by atoms with Gasteiger partial charge in [-0.2, -0.15) is 0 Å². The maximum absolute atomic E-state index is 11.9. The van der Waals surface area contributed by atoms with Crippen LogP contribution in [0.25, 0.3) is 0 Å². The van der Waals surface area contributed by atoms with Gasteiger partial charge in [-0.15, -0.1) is 0 Å². The molecular weight excluding hydrogens is 384 g/mol. The van der Waals surface area contributed by atoms with Crippen LogP contribution in [0.3, 0.4) is 0 Å². The highest BCUT2D eigenvalue weighted by molar-refractivity contribution is 5.73. The van der Waals surface area contributed by atoms with Crippen LogP contribution in [-0.2, 0) is 0 Å². The van der Waals surface area contributed by atoms with Crippen LogP contribution in [0.2, 0.25) is 0 Å². The highest BCUT2D eigenvalue weighted by Crippen LogP contribution is 2.35. The summed E-state index contributed by atoms with van der Waals surface area (Å²) >= 11 is 0. The van der Waals surface area contributed by atoms with E-state index in [0.717, 1.165) is 11.1 Å². The quantitative estimate of drug-likeness (QED) is 0.339. The number of hydrogen-bond acceptors (Lipinski definition) is 8. The Bertz CT molecular complexity index is 1110. The Hall–Kier alpha value is -4.27. The zero-order valence-electron chi connectivity index (χ0n) is 16.0. The monoisotopic (exact) mass is 402 g/mol. The van der Waals surface area contributed by atoms with E-state index in [4.69, 9.17) is 4.52 Å². The maximum Gasteiger partial charge on any atom is 0.353 e. The minimum absolute atomic E-state index is 0.0191. The summed E-state index contributed by atoms with van der Waals surface area (Å²) in [7, 11) is 0. The van der Waals surface area contributed by atoms with Gasteiger partial charge in [-0.25, -0.2) is 9.97 Å². The molecular formula is C21H18N6O3. The second-order valence-electron chi connectivity index (χ2n) is 6.52. The smallest absolute Gasteiger partial charge is 0.353 e. The summed E-state index contributed by atoms with van der Waals surface area (Å²) in [5, 5.41) is 21.7. The zero-order chi connectivity index (χ0) is 20.9. The van der Waals surface area contributed by atoms with E-state index in [-0.39, 0.29) is 23.4 Å². The number of aryl methyl sites for hydroxylation is 1. The second kappa shape index (κ2) is 8.39. The molecule has 30 heavy (non-hydrogen) atoms. The van der Waals surface area contributed by atoms with Gasteiger partial charge in [-0.1, -0.05) is 65.8 Å². The van der Waals surface area contributed by atoms with Crippen LogP contribution in [-0.4, -0.2) is 20.0 Å². The first-order chi connectivity index (χ1) is 14.6. The molecule has 0 bridgehead atoms. The number of aromatic nitrogens is 3. The molecule has 0 fully saturated rings. The van der Waals surface area contributed by atoms with E-state index in [1.807, 2.05) is 60.7 Å². The first-order valence-corrected chi connectivity index (χ1v) is 9.18. The van der Waals surface area contributed by atoms with E-state index in [0.29, 0.717) is 11.6 Å². The van der Waals surface area contributed by atoms with Crippen molar-refractivity contribution < 1.29 is 9.45 Å². The molecule has 2 aromatic heterocycles. The van der Waals surface area contributed by atoms with Crippen LogP contribution in [0.4, 0.5) is 23.1 Å². The molecule has 0 aliphatic carbocycles. The van der Waals surface area contributed by atoms with Crippen molar-refractivity contribution in [1.29, 1.82) is 0 Å². The molecule has 0 saturated carbocycles. The minimum Gasteiger partial charge on any atom is -0.360 e. The topological polar surface area (TPSA) is 119 Å². The number of benzene rings is 2. The van der Waals surface area contributed by atoms with Crippen molar-refractivity contribution in [2.24, 2.45) is 0 Å². The van der Waals surface area contributed by atoms with Crippen LogP contribution in [0.5, 0.6) is 0 Å². The third-order valence-electron chi connectivity index (χ3n) is 4.43. The average molecular weight is 402 g/mol. The molecule has 4 aromatic rings. The SMILES string of the molecule is Cc1cc(Nc2ncnc(NC(c3ccccc3)c3ccccc3)c2[N+](=O)[O-])no1. The van der Waals surface area contributed by atoms with Gasteiger partial charge >= 0.3 is 5.69 Å². The lowest BCUT2D eigenvalue weighted by Gasteiger charge is -2.20. The van der Waals surface area contributed by atoms with Crippen LogP contribution in [0.15, 0.2) is 77.6 Å². The normalized spacial score (nSPS) is 10.7. The Morgan fingerprint density at radius 1 is 0.967 bits per heavy atom. The number of nitrogens with zero attached hydrogens (tertiary/aromatic N) is 4. The molecule has 2 heterocycles. The lowest BCUT2D eigenvalue weighted by Crippen LogP contribution is -2.15. The summed E-state index contributed by atoms with van der Waals surface area (Å²) in [6.07, 6.45) is 1.26. The highest BCUT2D eigenvalue weighted by atomic mass is 16.6. The predicted molar refractivity (Wildman–Crippen MR) is 112 cm³/mol. The fraction of sp³-hybridized carbons (Fsp3) is 0.0952. The molecule has 150 valence electrons. The number of anilines is 3. The molecule has 0 aliphatic rings. The van der Waals surface area contributed by atoms with Crippen molar-refractivity contribution in [3.63, 3.8) is 0 Å². The molecule has 0 saturated heterocycles. The van der Waals surface area contributed by atoms with Crippen LogP contribution in [0.1, 0.15) is 22.9 Å². The number of hydrogen-bond donors (Lipinski definition) is 2. The van der Waals surface area contributed by atoms with Crippen molar-refractivity contribution in [2.45, 2.75) is 13.0 Å². The van der Waals surface area contributed by atoms with Crippen molar-refractivity contribution in [3.05, 3.63) is 100 Å². The first kappa shape index (κ1) is 19.1. The van der Waals surface area contributed by atoms with E-state index >= 15 is 0 Å². The van der Waals surface area contributed by atoms with Crippen molar-refractivity contribution >= 4 is 23.1 Å². The molecule has 2 N–H and O–H groups in total. The standard InChI is InChI=1S/C21H18N6O3/c1-14-12-17(26-30-14)24-20-19(27(28)29)21(23-13-22-20)25-18(15-8-4-2-5-9-15)16-10-6-3-7-11-16/h2-13,18H,1H3,(H2,22,23,24,25,26). The third-order valence-corrected chi connectivity index (χ3v) is 4.43. The Morgan fingerprint density at radius 2 is 1.57 bits per heavy atom. The lowest BCUT2D eigenvalue weighted by molar-refractivity contribution is -0.383. The molecule has 0 unspecified atom stereocenters. The Morgan fingerprint density at radius 3 is 2.10 bits per heavy atom. The Kier molecular flexibility index (Phi) is 5.33. The third kappa shape index (κ3) is 4.09. The summed E-state index contributed by atoms with van der Waals surface area (Å²) in [5.74, 6) is 1.00. The summed E-state index contributed by atoms with van der Waals surface area (Å²) in [5.41, 5.74) is 1.60. The van der Waals surface area contributed by atoms with Gasteiger partial charge in [-0.05, 0) is 18.1 Å². The minimum atomic E-state index is -0.523. The molecule has 0 amide bonds. The Labute approximate surface area is 171 Å². The number of nitro groups is 1. The van der Waals surface area contributed by atoms with E-state index in [9.17, 15) is 10.1 Å². The van der Waals surface area contributed by atoms with Gasteiger partial charge in [0, 0.05) is 6.07 Å². The van der Waals surface area contributed by atoms with Crippen LogP contribution in [0, 0.1) is 17.0 Å². The van der Waals surface area contributed by atoms with Crippen LogP contribution < -0.4 is 10.6 Å². The first-order valence-electron chi connectivity index (χ1n) is 9.18. The van der Waals surface area contributed by atoms with Gasteiger partial charge in [-0.3, -0.25) is 10.1 Å². The van der Waals surface area contributed by atoms with Gasteiger partial charge in [0.05, 0.1) is 11.0 Å². The van der Waals surface area contributed by atoms with Gasteiger partial charge in [0.25, 0.3) is 0 Å². The highest BCUT2D eigenvalue weighted by Gasteiger charge is 2.26. The van der Waals surface area contributed by atoms with Crippen molar-refractivity contribution in [1.82, 2.24) is 15.1 Å². The maximum atomic E-state index is 11.9. The fourth-order valence-corrected chi connectivity index (χ4v) is 3.08. The summed E-state index contributed by atoms with van der Waals surface area (Å²) in [6, 6.07) is 20.6. The van der Waals surface area contributed by atoms with Crippen molar-refractivity contribution in [2.75, 3.05) is 10.6 Å². The van der Waals surface area contributed by atoms with Crippen LogP contribution >= 0.6 is 0 Å². The Balaban J connectivity index is 1.74. The molecule has 0 radical (unpaired) electrons. The fourth-order valence-electron chi connectivity index (χ4n) is 3.08. The zero-order valence-corrected chi connectivity index (χ0v) is 16.0. The van der Waals surface area contributed by atoms with E-state index in [2.05, 4.69) is 25.8 Å². The number of rotatable bonds is 7. The summed E-state index contributed by atoms with van der Waals surface area (Å²) in [6.45, 7) is 1.73. The molecule has 4 rings (SSSR count). The van der Waals surface area contributed by atoms with Gasteiger partial charge in [0.2, 0.25) is 11.6 Å². The van der Waals surface area contributed by atoms with Crippen molar-refractivity contribution in [3.8, 4) is 0 Å². The lowest BCUT2D eigenvalue weighted by atomic mass is 9.99. The van der Waals surface area contributed by atoms with E-state index < -0.39 is 4.92 Å². The van der Waals surface area contributed by atoms with Gasteiger partial charge in [0.15, 0.2) is 5.82 Å². The van der Waals surface area contributed by atoms with E-state index in [1.54, 1.807) is 13.0 Å². The molecule has 2 aromatic carbocycles. The summed E-state index contributed by atoms with van der Waals surface area (Å²) in [4.78, 5) is 19.6. The summed E-state index contributed by atoms with van der Waals surface area (Å²) < 4.78 is 5.01. The average Bonchev–Trinajstić information content (AvgIpc) is 3.17. The molecule has 0 aliphatic heterocycles. The molecule has 9 nitrogen and oxygen atoms in total. The second-order valence-corrected chi connectivity index (χ2v) is 6.52. The molecule has 0 atom stereocenters. The molecule has 0 spiro atoms. The van der Waals surface area contributed by atoms with E-state index in [1.165, 1.54) is 6.33 Å². The van der Waals surface area contributed by atoms with Gasteiger partial charge < -0.3 is 15.2 Å². The largest absolute Gasteiger partial charge is 0.360 e.